The number of para-hydroxylation sites is 2. The van der Waals surface area contributed by atoms with Gasteiger partial charge >= 0.3 is 0 Å². The molecule has 1 aromatic heterocycles. The molecule has 1 atom stereocenters. The number of hydrogen-bond acceptors (Lipinski definition) is 4. The fraction of sp³-hybridized carbons (Fsp3) is 0.348. The van der Waals surface area contributed by atoms with Gasteiger partial charge in [-0.1, -0.05) is 42.1 Å². The monoisotopic (exact) mass is 407 g/mol. The minimum absolute atomic E-state index is 0.101. The lowest BCUT2D eigenvalue weighted by Crippen LogP contribution is -2.34. The van der Waals surface area contributed by atoms with E-state index in [1.54, 1.807) is 4.57 Å². The number of fused-ring (bicyclic) bond motifs is 1. The van der Waals surface area contributed by atoms with Crippen LogP contribution < -0.4 is 5.56 Å². The molecule has 0 saturated carbocycles. The molecule has 0 aliphatic carbocycles. The van der Waals surface area contributed by atoms with Crippen LogP contribution in [0.2, 0.25) is 0 Å². The van der Waals surface area contributed by atoms with Gasteiger partial charge in [0.25, 0.3) is 5.56 Å². The topological polar surface area (TPSA) is 55.2 Å². The molecule has 0 radical (unpaired) electrons. The number of thioether (sulfide) groups is 1. The van der Waals surface area contributed by atoms with Crippen LogP contribution in [0.1, 0.15) is 30.9 Å². The maximum Gasteiger partial charge on any atom is 0.266 e. The molecule has 1 amide bonds. The summed E-state index contributed by atoms with van der Waals surface area (Å²) in [5.41, 5.74) is 3.41. The molecule has 6 heteroatoms. The van der Waals surface area contributed by atoms with E-state index >= 15 is 0 Å². The Morgan fingerprint density at radius 2 is 1.69 bits per heavy atom. The van der Waals surface area contributed by atoms with E-state index in [0.29, 0.717) is 16.1 Å². The number of aryl methyl sites for hydroxylation is 2. The standard InChI is InChI=1S/C23H25N3O2S/c1-15-9-8-10-16(2)20(15)26-22(28)18-11-4-5-12-19(18)24-23(26)29-17(3)21(27)25-13-6-7-14-25/h4-5,8-12,17H,6-7,13-14H2,1-3H3. The fourth-order valence-electron chi connectivity index (χ4n) is 3.95. The SMILES string of the molecule is Cc1cccc(C)c1-n1c(SC(C)C(=O)N2CCCC2)nc2ccccc2c1=O. The van der Waals surface area contributed by atoms with Crippen LogP contribution >= 0.6 is 11.8 Å². The minimum atomic E-state index is -0.309. The Bertz CT molecular complexity index is 1110. The van der Waals surface area contributed by atoms with E-state index in [1.807, 2.05) is 68.1 Å². The third kappa shape index (κ3) is 3.69. The molecule has 0 N–H and O–H groups in total. The predicted octanol–water partition coefficient (Wildman–Crippen LogP) is 4.11. The van der Waals surface area contributed by atoms with E-state index in [1.165, 1.54) is 11.8 Å². The van der Waals surface area contributed by atoms with Gasteiger partial charge in [-0.15, -0.1) is 0 Å². The number of likely N-dealkylation sites (tertiary alicyclic amines) is 1. The zero-order valence-corrected chi connectivity index (χ0v) is 17.8. The summed E-state index contributed by atoms with van der Waals surface area (Å²) in [5.74, 6) is 0.114. The van der Waals surface area contributed by atoms with Crippen LogP contribution in [-0.4, -0.2) is 38.7 Å². The molecule has 1 unspecified atom stereocenters. The van der Waals surface area contributed by atoms with Gasteiger partial charge in [-0.2, -0.15) is 0 Å². The van der Waals surface area contributed by atoms with Crippen LogP contribution in [-0.2, 0) is 4.79 Å². The Balaban J connectivity index is 1.86. The van der Waals surface area contributed by atoms with Crippen molar-refractivity contribution in [2.24, 2.45) is 0 Å². The molecule has 1 aliphatic rings. The summed E-state index contributed by atoms with van der Waals surface area (Å²) in [4.78, 5) is 33.1. The molecule has 2 aromatic carbocycles. The first kappa shape index (κ1) is 19.7. The zero-order valence-electron chi connectivity index (χ0n) is 17.0. The first-order valence-electron chi connectivity index (χ1n) is 10.0. The number of aromatic nitrogens is 2. The third-order valence-corrected chi connectivity index (χ3v) is 6.50. The van der Waals surface area contributed by atoms with Gasteiger partial charge in [-0.3, -0.25) is 14.2 Å². The van der Waals surface area contributed by atoms with E-state index in [0.717, 1.165) is 42.7 Å². The van der Waals surface area contributed by atoms with E-state index in [9.17, 15) is 9.59 Å². The number of benzene rings is 2. The van der Waals surface area contributed by atoms with Crippen molar-refractivity contribution < 1.29 is 4.79 Å². The van der Waals surface area contributed by atoms with Crippen molar-refractivity contribution in [2.45, 2.75) is 44.0 Å². The number of rotatable bonds is 4. The molecule has 4 rings (SSSR count). The smallest absolute Gasteiger partial charge is 0.266 e. The van der Waals surface area contributed by atoms with E-state index < -0.39 is 0 Å². The van der Waals surface area contributed by atoms with Gasteiger partial charge in [-0.05, 0) is 56.9 Å². The number of carbonyl (C=O) groups excluding carboxylic acids is 1. The van der Waals surface area contributed by atoms with Gasteiger partial charge in [0.2, 0.25) is 5.91 Å². The summed E-state index contributed by atoms with van der Waals surface area (Å²) in [6.45, 7) is 7.54. The second kappa shape index (κ2) is 8.03. The largest absolute Gasteiger partial charge is 0.342 e. The Kier molecular flexibility index (Phi) is 5.46. The minimum Gasteiger partial charge on any atom is -0.342 e. The van der Waals surface area contributed by atoms with Crippen molar-refractivity contribution in [3.8, 4) is 5.69 Å². The van der Waals surface area contributed by atoms with Crippen LogP contribution in [0, 0.1) is 13.8 Å². The van der Waals surface area contributed by atoms with Crippen LogP contribution in [0.4, 0.5) is 0 Å². The van der Waals surface area contributed by atoms with Crippen molar-refractivity contribution in [2.75, 3.05) is 13.1 Å². The molecule has 0 bridgehead atoms. The van der Waals surface area contributed by atoms with Gasteiger partial charge in [-0.25, -0.2) is 4.98 Å². The summed E-state index contributed by atoms with van der Waals surface area (Å²) in [7, 11) is 0. The summed E-state index contributed by atoms with van der Waals surface area (Å²) < 4.78 is 1.69. The molecule has 29 heavy (non-hydrogen) atoms. The van der Waals surface area contributed by atoms with E-state index in [2.05, 4.69) is 0 Å². The quantitative estimate of drug-likeness (QED) is 0.483. The summed E-state index contributed by atoms with van der Waals surface area (Å²) in [5, 5.41) is 0.834. The molecule has 1 aliphatic heterocycles. The number of hydrogen-bond donors (Lipinski definition) is 0. The highest BCUT2D eigenvalue weighted by atomic mass is 32.2. The Hall–Kier alpha value is -2.60. The molecular weight excluding hydrogens is 382 g/mol. The van der Waals surface area contributed by atoms with Gasteiger partial charge in [0.05, 0.1) is 21.8 Å². The second-order valence-electron chi connectivity index (χ2n) is 7.58. The molecule has 150 valence electrons. The average molecular weight is 408 g/mol. The highest BCUT2D eigenvalue weighted by Crippen LogP contribution is 2.29. The maximum atomic E-state index is 13.5. The van der Waals surface area contributed by atoms with Gasteiger partial charge in [0.15, 0.2) is 5.16 Å². The summed E-state index contributed by atoms with van der Waals surface area (Å²) in [6, 6.07) is 13.4. The normalized spacial score (nSPS) is 15.1. The van der Waals surface area contributed by atoms with Crippen molar-refractivity contribution in [3.63, 3.8) is 0 Å². The number of amides is 1. The predicted molar refractivity (Wildman–Crippen MR) is 118 cm³/mol. The van der Waals surface area contributed by atoms with Crippen LogP contribution in [0.3, 0.4) is 0 Å². The highest BCUT2D eigenvalue weighted by molar-refractivity contribution is 8.00. The van der Waals surface area contributed by atoms with Crippen molar-refractivity contribution in [1.29, 1.82) is 0 Å². The first-order chi connectivity index (χ1) is 14.0. The van der Waals surface area contributed by atoms with Gasteiger partial charge < -0.3 is 4.90 Å². The van der Waals surface area contributed by atoms with Crippen LogP contribution in [0.5, 0.6) is 0 Å². The number of carbonyl (C=O) groups is 1. The first-order valence-corrected chi connectivity index (χ1v) is 10.9. The molecule has 0 spiro atoms. The van der Waals surface area contributed by atoms with Crippen molar-refractivity contribution in [3.05, 3.63) is 63.9 Å². The lowest BCUT2D eigenvalue weighted by molar-refractivity contribution is -0.129. The highest BCUT2D eigenvalue weighted by Gasteiger charge is 2.26. The molecule has 3 aromatic rings. The summed E-state index contributed by atoms with van der Waals surface area (Å²) in [6.07, 6.45) is 2.12. The van der Waals surface area contributed by atoms with Gasteiger partial charge in [0.1, 0.15) is 0 Å². The van der Waals surface area contributed by atoms with Crippen LogP contribution in [0.25, 0.3) is 16.6 Å². The Morgan fingerprint density at radius 1 is 1.03 bits per heavy atom. The summed E-state index contributed by atoms with van der Waals surface area (Å²) >= 11 is 1.37. The Morgan fingerprint density at radius 3 is 2.38 bits per heavy atom. The van der Waals surface area contributed by atoms with E-state index in [-0.39, 0.29) is 16.7 Å². The fourth-order valence-corrected chi connectivity index (χ4v) is 4.95. The van der Waals surface area contributed by atoms with Crippen LogP contribution in [0.15, 0.2) is 52.4 Å². The third-order valence-electron chi connectivity index (χ3n) is 5.46. The molecule has 1 saturated heterocycles. The number of nitrogens with zero attached hydrogens (tertiary/aromatic N) is 3. The lowest BCUT2D eigenvalue weighted by Gasteiger charge is -2.22. The lowest BCUT2D eigenvalue weighted by atomic mass is 10.1. The van der Waals surface area contributed by atoms with Gasteiger partial charge in [0, 0.05) is 13.1 Å². The second-order valence-corrected chi connectivity index (χ2v) is 8.89. The van der Waals surface area contributed by atoms with E-state index in [4.69, 9.17) is 4.98 Å². The zero-order chi connectivity index (χ0) is 20.5. The van der Waals surface area contributed by atoms with Crippen molar-refractivity contribution >= 4 is 28.6 Å². The average Bonchev–Trinajstić information content (AvgIpc) is 3.24. The molecular formula is C23H25N3O2S. The molecule has 5 nitrogen and oxygen atoms in total. The molecule has 1 fully saturated rings. The Labute approximate surface area is 174 Å². The molecule has 2 heterocycles. The van der Waals surface area contributed by atoms with Crippen molar-refractivity contribution in [1.82, 2.24) is 14.5 Å². The maximum absolute atomic E-state index is 13.5.